The van der Waals surface area contributed by atoms with Crippen LogP contribution in [0.15, 0.2) is 48.6 Å². The third kappa shape index (κ3) is 12.0. The number of rotatable bonds is 13. The molecule has 148 valence electrons. The monoisotopic (exact) mass is 370 g/mol. The fourth-order valence-corrected chi connectivity index (χ4v) is 2.62. The van der Waals surface area contributed by atoms with Crippen LogP contribution in [0.5, 0.6) is 0 Å². The van der Waals surface area contributed by atoms with Gasteiger partial charge in [-0.1, -0.05) is 74.4 Å². The Kier molecular flexibility index (Phi) is 12.7. The van der Waals surface area contributed by atoms with E-state index in [9.17, 15) is 9.90 Å². The Balaban J connectivity index is 2.39. The van der Waals surface area contributed by atoms with E-state index in [0.717, 1.165) is 30.4 Å². The smallest absolute Gasteiger partial charge is 0.305 e. The van der Waals surface area contributed by atoms with Crippen molar-refractivity contribution in [2.45, 2.75) is 64.4 Å². The molecule has 3 nitrogen and oxygen atoms in total. The van der Waals surface area contributed by atoms with Crippen molar-refractivity contribution in [2.75, 3.05) is 7.11 Å². The van der Waals surface area contributed by atoms with Crippen molar-refractivity contribution >= 4 is 18.1 Å². The van der Waals surface area contributed by atoms with Gasteiger partial charge in [0.15, 0.2) is 0 Å². The topological polar surface area (TPSA) is 46.5 Å². The first-order valence-corrected chi connectivity index (χ1v) is 10.0. The summed E-state index contributed by atoms with van der Waals surface area (Å²) in [4.78, 5) is 11.1. The Bertz CT molecular complexity index is 614. The first kappa shape index (κ1) is 22.9. The quantitative estimate of drug-likeness (QED) is 0.265. The Labute approximate surface area is 164 Å². The fourth-order valence-electron chi connectivity index (χ4n) is 2.62. The number of benzene rings is 1. The number of methoxy groups -OCH3 is 1. The number of ether oxygens (including phenoxy) is 1. The molecule has 0 saturated heterocycles. The summed E-state index contributed by atoms with van der Waals surface area (Å²) in [6.07, 6.45) is 19.3. The molecule has 0 fully saturated rings. The second-order valence-corrected chi connectivity index (χ2v) is 6.67. The van der Waals surface area contributed by atoms with Gasteiger partial charge in [0.2, 0.25) is 0 Å². The van der Waals surface area contributed by atoms with Crippen molar-refractivity contribution in [3.63, 3.8) is 0 Å². The van der Waals surface area contributed by atoms with Gasteiger partial charge in [0.05, 0.1) is 13.2 Å². The van der Waals surface area contributed by atoms with Crippen molar-refractivity contribution in [3.05, 3.63) is 59.7 Å². The van der Waals surface area contributed by atoms with E-state index in [1.807, 2.05) is 30.4 Å². The van der Waals surface area contributed by atoms with Gasteiger partial charge in [-0.2, -0.15) is 0 Å². The number of aliphatic hydroxyl groups excluding tert-OH is 1. The van der Waals surface area contributed by atoms with Crippen LogP contribution < -0.4 is 0 Å². The standard InChI is InChI=1S/C24H34O3/c1-3-4-5-6-7-10-16-23(25)19-18-22-15-12-14-21(20-22)13-9-8-11-17-24(26)27-2/h7,9-10,12-15,18-20,23,25H,3-6,8,11,16-17H2,1-2H3/b10-7-,13-9?,19-18+. The van der Waals surface area contributed by atoms with E-state index in [1.165, 1.54) is 26.4 Å². The van der Waals surface area contributed by atoms with E-state index in [4.69, 9.17) is 0 Å². The molecule has 1 atom stereocenters. The zero-order valence-corrected chi connectivity index (χ0v) is 16.8. The molecule has 1 unspecified atom stereocenters. The second-order valence-electron chi connectivity index (χ2n) is 6.67. The first-order valence-electron chi connectivity index (χ1n) is 10.0. The zero-order chi connectivity index (χ0) is 19.7. The van der Waals surface area contributed by atoms with Crippen molar-refractivity contribution < 1.29 is 14.6 Å². The molecular weight excluding hydrogens is 336 g/mol. The van der Waals surface area contributed by atoms with Gasteiger partial charge in [0, 0.05) is 6.42 Å². The minimum absolute atomic E-state index is 0.162. The maximum atomic E-state index is 11.1. The number of hydrogen-bond acceptors (Lipinski definition) is 3. The van der Waals surface area contributed by atoms with Gasteiger partial charge in [0.1, 0.15) is 0 Å². The lowest BCUT2D eigenvalue weighted by Gasteiger charge is -2.02. The summed E-state index contributed by atoms with van der Waals surface area (Å²) in [6.45, 7) is 2.20. The minimum Gasteiger partial charge on any atom is -0.469 e. The fraction of sp³-hybridized carbons (Fsp3) is 0.458. The second kappa shape index (κ2) is 15.0. The van der Waals surface area contributed by atoms with Crippen LogP contribution >= 0.6 is 0 Å². The molecule has 1 aromatic rings. The summed E-state index contributed by atoms with van der Waals surface area (Å²) in [7, 11) is 1.41. The molecule has 0 bridgehead atoms. The predicted octanol–water partition coefficient (Wildman–Crippen LogP) is 5.94. The van der Waals surface area contributed by atoms with Crippen molar-refractivity contribution in [2.24, 2.45) is 0 Å². The molecular formula is C24H34O3. The van der Waals surface area contributed by atoms with Gasteiger partial charge in [-0.3, -0.25) is 4.79 Å². The lowest BCUT2D eigenvalue weighted by Crippen LogP contribution is -1.99. The third-order valence-electron chi connectivity index (χ3n) is 4.23. The summed E-state index contributed by atoms with van der Waals surface area (Å²) in [5, 5.41) is 10.1. The lowest BCUT2D eigenvalue weighted by atomic mass is 10.1. The number of esters is 1. The number of hydrogen-bond donors (Lipinski definition) is 1. The maximum absolute atomic E-state index is 11.1. The summed E-state index contributed by atoms with van der Waals surface area (Å²) in [5.74, 6) is -0.162. The van der Waals surface area contributed by atoms with E-state index in [-0.39, 0.29) is 5.97 Å². The van der Waals surface area contributed by atoms with E-state index < -0.39 is 6.10 Å². The highest BCUT2D eigenvalue weighted by Crippen LogP contribution is 2.11. The van der Waals surface area contributed by atoms with E-state index in [2.05, 4.69) is 42.0 Å². The summed E-state index contributed by atoms with van der Waals surface area (Å²) in [6, 6.07) is 8.16. The van der Waals surface area contributed by atoms with Crippen LogP contribution in [0.4, 0.5) is 0 Å². The van der Waals surface area contributed by atoms with Gasteiger partial charge in [-0.15, -0.1) is 0 Å². The zero-order valence-electron chi connectivity index (χ0n) is 16.8. The Morgan fingerprint density at radius 2 is 1.81 bits per heavy atom. The SMILES string of the molecule is CCCCC/C=C\CC(O)/C=C/c1cccc(C=CCCCC(=O)OC)c1. The van der Waals surface area contributed by atoms with E-state index in [0.29, 0.717) is 12.8 Å². The first-order chi connectivity index (χ1) is 13.2. The highest BCUT2D eigenvalue weighted by molar-refractivity contribution is 5.69. The van der Waals surface area contributed by atoms with Gasteiger partial charge in [0.25, 0.3) is 0 Å². The highest BCUT2D eigenvalue weighted by atomic mass is 16.5. The summed E-state index contributed by atoms with van der Waals surface area (Å²) < 4.78 is 4.63. The molecule has 0 spiro atoms. The van der Waals surface area contributed by atoms with Crippen molar-refractivity contribution in [3.8, 4) is 0 Å². The van der Waals surface area contributed by atoms with Crippen LogP contribution in [0.25, 0.3) is 12.2 Å². The third-order valence-corrected chi connectivity index (χ3v) is 4.23. The highest BCUT2D eigenvalue weighted by Gasteiger charge is 1.98. The molecule has 0 radical (unpaired) electrons. The maximum Gasteiger partial charge on any atom is 0.305 e. The van der Waals surface area contributed by atoms with Gasteiger partial charge < -0.3 is 9.84 Å². The molecule has 0 aliphatic heterocycles. The molecule has 1 rings (SSSR count). The van der Waals surface area contributed by atoms with E-state index in [1.54, 1.807) is 0 Å². The summed E-state index contributed by atoms with van der Waals surface area (Å²) in [5.41, 5.74) is 2.18. The van der Waals surface area contributed by atoms with Gasteiger partial charge >= 0.3 is 5.97 Å². The van der Waals surface area contributed by atoms with Crippen LogP contribution in [-0.4, -0.2) is 24.3 Å². The van der Waals surface area contributed by atoms with Gasteiger partial charge in [-0.05, 0) is 49.3 Å². The lowest BCUT2D eigenvalue weighted by molar-refractivity contribution is -0.140. The molecule has 0 saturated carbocycles. The van der Waals surface area contributed by atoms with Crippen LogP contribution in [0, 0.1) is 0 Å². The molecule has 1 aromatic carbocycles. The molecule has 0 amide bonds. The van der Waals surface area contributed by atoms with Crippen LogP contribution in [-0.2, 0) is 9.53 Å². The van der Waals surface area contributed by atoms with Gasteiger partial charge in [-0.25, -0.2) is 0 Å². The van der Waals surface area contributed by atoms with Crippen LogP contribution in [0.2, 0.25) is 0 Å². The number of carbonyl (C=O) groups is 1. The molecule has 27 heavy (non-hydrogen) atoms. The molecule has 0 aromatic heterocycles. The Hall–Kier alpha value is -2.13. The Morgan fingerprint density at radius 1 is 1.07 bits per heavy atom. The number of allylic oxidation sites excluding steroid dienone is 2. The molecule has 3 heteroatoms. The largest absolute Gasteiger partial charge is 0.469 e. The van der Waals surface area contributed by atoms with E-state index >= 15 is 0 Å². The van der Waals surface area contributed by atoms with Crippen LogP contribution in [0.1, 0.15) is 69.4 Å². The minimum atomic E-state index is -0.454. The van der Waals surface area contributed by atoms with Crippen molar-refractivity contribution in [1.29, 1.82) is 0 Å². The molecule has 0 aliphatic rings. The number of unbranched alkanes of at least 4 members (excludes halogenated alkanes) is 4. The molecule has 0 heterocycles. The summed E-state index contributed by atoms with van der Waals surface area (Å²) >= 11 is 0. The van der Waals surface area contributed by atoms with Crippen LogP contribution in [0.3, 0.4) is 0 Å². The molecule has 1 N–H and O–H groups in total. The average molecular weight is 371 g/mol. The molecule has 0 aliphatic carbocycles. The number of aliphatic hydroxyl groups is 1. The number of carbonyl (C=O) groups excluding carboxylic acids is 1. The normalized spacial score (nSPS) is 13.0. The van der Waals surface area contributed by atoms with Crippen molar-refractivity contribution in [1.82, 2.24) is 0 Å². The average Bonchev–Trinajstić information content (AvgIpc) is 2.69. The predicted molar refractivity (Wildman–Crippen MR) is 114 cm³/mol. The Morgan fingerprint density at radius 3 is 2.56 bits per heavy atom.